The molecule has 0 aliphatic carbocycles. The molecule has 88 heavy (non-hydrogen) atoms. The average Bonchev–Trinajstić information content (AvgIpc) is 3.48. The van der Waals surface area contributed by atoms with Gasteiger partial charge in [0.15, 0.2) is 0 Å². The van der Waals surface area contributed by atoms with E-state index >= 15 is 0 Å². The van der Waals surface area contributed by atoms with E-state index in [2.05, 4.69) is 123 Å². The van der Waals surface area contributed by atoms with E-state index in [0.717, 1.165) is 103 Å². The van der Waals surface area contributed by atoms with Gasteiger partial charge < -0.3 is 86.4 Å². The Morgan fingerprint density at radius 2 is 0.250 bits per heavy atom. The predicted molar refractivity (Wildman–Crippen MR) is 317 cm³/mol. The molecule has 0 aliphatic heterocycles. The molecular formula is C54H72O34. The molecule has 0 saturated heterocycles. The zero-order valence-electron chi connectivity index (χ0n) is 46.8. The standard InChI is InChI=1S/C6H8O2.16C3H4O2/c1-3-5-8-6(7)4-2;16*1-2-3(4)5/h3-4H,1-2,5H2;16*2H,1H2,(H,4,5). The number of carbonyl (C=O) groups is 17. The van der Waals surface area contributed by atoms with Crippen LogP contribution in [0.5, 0.6) is 0 Å². The van der Waals surface area contributed by atoms with Crippen LogP contribution in [0.3, 0.4) is 0 Å². The van der Waals surface area contributed by atoms with Crippen molar-refractivity contribution in [1.29, 1.82) is 0 Å². The summed E-state index contributed by atoms with van der Waals surface area (Å²) in [5.41, 5.74) is 0. The number of esters is 1. The Bertz CT molecular complexity index is 1710. The number of carbonyl (C=O) groups excluding carboxylic acids is 1. The molecule has 0 aromatic carbocycles. The van der Waals surface area contributed by atoms with E-state index in [9.17, 15) is 81.5 Å². The number of carboxylic acids is 16. The fraction of sp³-hybridized carbons (Fsp3) is 0.0185. The van der Waals surface area contributed by atoms with Crippen LogP contribution in [0, 0.1) is 0 Å². The molecule has 0 atom stereocenters. The Morgan fingerprint density at radius 1 is 0.182 bits per heavy atom. The van der Waals surface area contributed by atoms with Gasteiger partial charge in [-0.2, -0.15) is 0 Å². The Kier molecular flexibility index (Phi) is 161. The van der Waals surface area contributed by atoms with Crippen molar-refractivity contribution in [3.63, 3.8) is 0 Å². The summed E-state index contributed by atoms with van der Waals surface area (Å²) >= 11 is 0. The first kappa shape index (κ1) is 122. The Morgan fingerprint density at radius 3 is 0.284 bits per heavy atom. The molecule has 0 fully saturated rings. The topological polar surface area (TPSA) is 623 Å². The number of aliphatic carboxylic acids is 16. The van der Waals surface area contributed by atoms with Crippen LogP contribution >= 0.6 is 0 Å². The highest BCUT2D eigenvalue weighted by Crippen LogP contribution is 1.77. The van der Waals surface area contributed by atoms with Crippen LogP contribution in [-0.4, -0.2) is 190 Å². The van der Waals surface area contributed by atoms with Crippen LogP contribution in [0.4, 0.5) is 0 Å². The first-order chi connectivity index (χ1) is 40.1. The average molecular weight is 1270 g/mol. The van der Waals surface area contributed by atoms with Crippen molar-refractivity contribution in [2.24, 2.45) is 0 Å². The Hall–Kier alpha value is -13.7. The maximum Gasteiger partial charge on any atom is 0.330 e. The van der Waals surface area contributed by atoms with Crippen molar-refractivity contribution in [2.45, 2.75) is 0 Å². The van der Waals surface area contributed by atoms with Crippen molar-refractivity contribution in [3.8, 4) is 0 Å². The largest absolute Gasteiger partial charge is 0.478 e. The minimum Gasteiger partial charge on any atom is -0.478 e. The minimum atomic E-state index is -0.981. The maximum absolute atomic E-state index is 10.2. The molecule has 0 heterocycles. The van der Waals surface area contributed by atoms with Crippen LogP contribution in [0.2, 0.25) is 0 Å². The highest BCUT2D eigenvalue weighted by Gasteiger charge is 1.88. The zero-order chi connectivity index (χ0) is 75.0. The van der Waals surface area contributed by atoms with Crippen molar-refractivity contribution in [3.05, 3.63) is 228 Å². The van der Waals surface area contributed by atoms with Gasteiger partial charge in [0.25, 0.3) is 0 Å². The monoisotopic (exact) mass is 1260 g/mol. The lowest BCUT2D eigenvalue weighted by Gasteiger charge is -1.92. The van der Waals surface area contributed by atoms with Gasteiger partial charge in [-0.15, -0.1) is 0 Å². The molecule has 0 bridgehead atoms. The van der Waals surface area contributed by atoms with Gasteiger partial charge in [0, 0.05) is 103 Å². The van der Waals surface area contributed by atoms with Crippen molar-refractivity contribution in [2.75, 3.05) is 6.61 Å². The van der Waals surface area contributed by atoms with Gasteiger partial charge in [0.1, 0.15) is 6.61 Å². The molecule has 0 saturated carbocycles. The number of hydrogen-bond donors (Lipinski definition) is 16. The third kappa shape index (κ3) is 622. The van der Waals surface area contributed by atoms with E-state index in [4.69, 9.17) is 81.7 Å². The van der Waals surface area contributed by atoms with Gasteiger partial charge in [-0.05, 0) is 0 Å². The molecule has 0 aromatic heterocycles. The molecule has 492 valence electrons. The third-order valence-corrected chi connectivity index (χ3v) is 3.30. The first-order valence-electron chi connectivity index (χ1n) is 20.2. The van der Waals surface area contributed by atoms with E-state index < -0.39 is 101 Å². The lowest BCUT2D eigenvalue weighted by molar-refractivity contribution is -0.137. The third-order valence-electron chi connectivity index (χ3n) is 3.30. The van der Waals surface area contributed by atoms with E-state index in [1.807, 2.05) is 0 Å². The van der Waals surface area contributed by atoms with Crippen LogP contribution in [0.15, 0.2) is 228 Å². The molecular weight excluding hydrogens is 1190 g/mol. The van der Waals surface area contributed by atoms with Crippen LogP contribution in [-0.2, 0) is 86.2 Å². The van der Waals surface area contributed by atoms with E-state index in [1.54, 1.807) is 0 Å². The normalized spacial score (nSPS) is 6.50. The van der Waals surface area contributed by atoms with Gasteiger partial charge in [-0.3, -0.25) is 0 Å². The fourth-order valence-electron chi connectivity index (χ4n) is 0.200. The van der Waals surface area contributed by atoms with Gasteiger partial charge >= 0.3 is 101 Å². The Labute approximate surface area is 502 Å². The Balaban J connectivity index is -0.0000000406. The van der Waals surface area contributed by atoms with E-state index in [-0.39, 0.29) is 6.61 Å². The second kappa shape index (κ2) is 117. The number of hydrogen-bond acceptors (Lipinski definition) is 18. The molecule has 34 heteroatoms. The highest BCUT2D eigenvalue weighted by molar-refractivity contribution is 5.83. The summed E-state index contributed by atoms with van der Waals surface area (Å²) in [4.78, 5) is 158. The number of rotatable bonds is 19. The minimum absolute atomic E-state index is 0.255. The summed E-state index contributed by atoms with van der Waals surface area (Å²) in [5, 5.41) is 122. The summed E-state index contributed by atoms with van der Waals surface area (Å²) in [5.74, 6) is -16.1. The summed E-state index contributed by atoms with van der Waals surface area (Å²) in [6.07, 6.45) is 15.9. The predicted octanol–water partition coefficient (Wildman–Crippen LogP) is 5.01. The lowest BCUT2D eigenvalue weighted by atomic mass is 10.6. The second-order valence-electron chi connectivity index (χ2n) is 9.80. The molecule has 0 radical (unpaired) electrons. The van der Waals surface area contributed by atoms with Gasteiger partial charge in [0.2, 0.25) is 0 Å². The van der Waals surface area contributed by atoms with E-state index in [1.165, 1.54) is 6.08 Å². The smallest absolute Gasteiger partial charge is 0.330 e. The maximum atomic E-state index is 10.2. The molecule has 0 rings (SSSR count). The van der Waals surface area contributed by atoms with Gasteiger partial charge in [0.05, 0.1) is 0 Å². The molecule has 16 N–H and O–H groups in total. The van der Waals surface area contributed by atoms with Crippen molar-refractivity contribution >= 4 is 101 Å². The quantitative estimate of drug-likeness (QED) is 0.0459. The summed E-state index contributed by atoms with van der Waals surface area (Å²) in [6.45, 7) is 54.2. The molecule has 0 aliphatic rings. The van der Waals surface area contributed by atoms with Crippen LogP contribution in [0.1, 0.15) is 0 Å². The number of ether oxygens (including phenoxy) is 1. The van der Waals surface area contributed by atoms with Crippen molar-refractivity contribution < 1.29 is 168 Å². The summed E-state index contributed by atoms with van der Waals surface area (Å²) < 4.78 is 4.47. The molecule has 0 unspecified atom stereocenters. The fourth-order valence-corrected chi connectivity index (χ4v) is 0.200. The highest BCUT2D eigenvalue weighted by atomic mass is 16.5. The molecule has 0 spiro atoms. The summed E-state index contributed by atoms with van der Waals surface area (Å²) in [6, 6.07) is 0. The van der Waals surface area contributed by atoms with Crippen LogP contribution in [0.25, 0.3) is 0 Å². The second-order valence-corrected chi connectivity index (χ2v) is 9.80. The van der Waals surface area contributed by atoms with Crippen LogP contribution < -0.4 is 0 Å². The molecule has 0 aromatic rings. The zero-order valence-corrected chi connectivity index (χ0v) is 46.8. The lowest BCUT2D eigenvalue weighted by Crippen LogP contribution is -1.98. The van der Waals surface area contributed by atoms with Gasteiger partial charge in [-0.1, -0.05) is 124 Å². The van der Waals surface area contributed by atoms with Crippen molar-refractivity contribution in [1.82, 2.24) is 0 Å². The first-order valence-corrected chi connectivity index (χ1v) is 20.2. The number of carboxylic acid groups (broad SMARTS) is 16. The summed E-state index contributed by atoms with van der Waals surface area (Å²) in [7, 11) is 0. The SMILES string of the molecule is C=CC(=O)O.C=CC(=O)O.C=CC(=O)O.C=CC(=O)O.C=CC(=O)O.C=CC(=O)O.C=CC(=O)O.C=CC(=O)O.C=CC(=O)O.C=CC(=O)O.C=CC(=O)O.C=CC(=O)O.C=CC(=O)O.C=CC(=O)O.C=CC(=O)O.C=CC(=O)O.C=CCOC(=O)C=C. The molecule has 0 amide bonds. The van der Waals surface area contributed by atoms with Gasteiger partial charge in [-0.25, -0.2) is 81.5 Å². The molecule has 34 nitrogen and oxygen atoms in total. The van der Waals surface area contributed by atoms with E-state index in [0.29, 0.717) is 0 Å².